The van der Waals surface area contributed by atoms with Crippen molar-refractivity contribution < 1.29 is 0 Å². The van der Waals surface area contributed by atoms with Crippen LogP contribution in [0.3, 0.4) is 0 Å². The molecule has 1 saturated heterocycles. The fraction of sp³-hybridized carbons (Fsp3) is 0.750. The molecule has 16 heavy (non-hydrogen) atoms. The highest BCUT2D eigenvalue weighted by Gasteiger charge is 2.34. The number of nitrogens with one attached hydrogen (secondary N) is 1. The van der Waals surface area contributed by atoms with Crippen molar-refractivity contribution in [3.8, 4) is 0 Å². The van der Waals surface area contributed by atoms with Gasteiger partial charge in [-0.2, -0.15) is 0 Å². The maximum Gasteiger partial charge on any atom is 0.0794 e. The van der Waals surface area contributed by atoms with E-state index in [0.29, 0.717) is 6.04 Å². The summed E-state index contributed by atoms with van der Waals surface area (Å²) < 4.78 is 0. The summed E-state index contributed by atoms with van der Waals surface area (Å²) in [6, 6.07) is 1.42. The zero-order chi connectivity index (χ0) is 11.0. The Balaban J connectivity index is 1.66. The van der Waals surface area contributed by atoms with Gasteiger partial charge in [-0.05, 0) is 38.8 Å². The van der Waals surface area contributed by atoms with Crippen LogP contribution in [0, 0.1) is 5.92 Å². The third-order valence-corrected chi connectivity index (χ3v) is 4.61. The van der Waals surface area contributed by atoms with Crippen molar-refractivity contribution in [3.05, 3.63) is 16.6 Å². The second-order valence-electron chi connectivity index (χ2n) is 5.06. The molecule has 1 aromatic heterocycles. The third kappa shape index (κ3) is 2.14. The highest BCUT2D eigenvalue weighted by molar-refractivity contribution is 7.09. The zero-order valence-electron chi connectivity index (χ0n) is 9.72. The van der Waals surface area contributed by atoms with Crippen LogP contribution in [-0.4, -0.2) is 36.1 Å². The highest BCUT2D eigenvalue weighted by atomic mass is 32.1. The van der Waals surface area contributed by atoms with E-state index in [4.69, 9.17) is 0 Å². The first-order chi connectivity index (χ1) is 7.84. The van der Waals surface area contributed by atoms with Crippen LogP contribution >= 0.6 is 11.3 Å². The van der Waals surface area contributed by atoms with Crippen LogP contribution < -0.4 is 5.32 Å². The molecule has 2 atom stereocenters. The van der Waals surface area contributed by atoms with Gasteiger partial charge in [0.1, 0.15) is 0 Å². The van der Waals surface area contributed by atoms with E-state index in [1.807, 2.05) is 11.7 Å². The van der Waals surface area contributed by atoms with Crippen LogP contribution in [0.25, 0.3) is 0 Å². The van der Waals surface area contributed by atoms with Crippen molar-refractivity contribution in [3.63, 3.8) is 0 Å². The minimum atomic E-state index is 0.596. The molecule has 2 aliphatic rings. The normalized spacial score (nSPS) is 31.1. The van der Waals surface area contributed by atoms with E-state index < -0.39 is 0 Å². The molecule has 4 heteroatoms. The quantitative estimate of drug-likeness (QED) is 0.867. The summed E-state index contributed by atoms with van der Waals surface area (Å²) in [4.78, 5) is 8.13. The fourth-order valence-corrected chi connectivity index (χ4v) is 3.54. The average molecular weight is 237 g/mol. The van der Waals surface area contributed by atoms with Gasteiger partial charge < -0.3 is 5.32 Å². The predicted molar refractivity (Wildman–Crippen MR) is 66.6 cm³/mol. The molecule has 2 unspecified atom stereocenters. The van der Waals surface area contributed by atoms with Crippen molar-refractivity contribution in [2.75, 3.05) is 20.1 Å². The largest absolute Gasteiger partial charge is 0.314 e. The molecule has 1 N–H and O–H groups in total. The van der Waals surface area contributed by atoms with E-state index in [1.165, 1.54) is 37.2 Å². The second kappa shape index (κ2) is 4.43. The Kier molecular flexibility index (Phi) is 2.96. The van der Waals surface area contributed by atoms with Crippen LogP contribution in [0.15, 0.2) is 11.7 Å². The van der Waals surface area contributed by atoms with Gasteiger partial charge in [-0.25, -0.2) is 0 Å². The predicted octanol–water partition coefficient (Wildman–Crippen LogP) is 1.89. The van der Waals surface area contributed by atoms with Crippen LogP contribution in [0.2, 0.25) is 0 Å². The highest BCUT2D eigenvalue weighted by Crippen LogP contribution is 2.37. The van der Waals surface area contributed by atoms with Gasteiger partial charge in [0.15, 0.2) is 0 Å². The molecule has 0 spiro atoms. The number of thiazole rings is 1. The van der Waals surface area contributed by atoms with Crippen molar-refractivity contribution in [1.29, 1.82) is 0 Å². The lowest BCUT2D eigenvalue weighted by Crippen LogP contribution is -2.29. The molecule has 1 saturated carbocycles. The van der Waals surface area contributed by atoms with Crippen LogP contribution in [0.4, 0.5) is 0 Å². The zero-order valence-corrected chi connectivity index (χ0v) is 10.5. The van der Waals surface area contributed by atoms with Crippen molar-refractivity contribution in [2.45, 2.75) is 31.3 Å². The molecule has 1 aromatic rings. The van der Waals surface area contributed by atoms with Crippen LogP contribution in [0.1, 0.15) is 30.2 Å². The van der Waals surface area contributed by atoms with Gasteiger partial charge in [0, 0.05) is 29.7 Å². The topological polar surface area (TPSA) is 28.2 Å². The molecule has 0 radical (unpaired) electrons. The number of hydrogen-bond acceptors (Lipinski definition) is 4. The molecule has 88 valence electrons. The third-order valence-electron chi connectivity index (χ3n) is 3.76. The summed E-state index contributed by atoms with van der Waals surface area (Å²) in [6.07, 6.45) is 6.13. The number of rotatable bonds is 4. The summed E-state index contributed by atoms with van der Waals surface area (Å²) in [5.74, 6) is 0.769. The van der Waals surface area contributed by atoms with Crippen LogP contribution in [-0.2, 0) is 0 Å². The van der Waals surface area contributed by atoms with Crippen molar-refractivity contribution >= 4 is 11.3 Å². The maximum absolute atomic E-state index is 4.21. The Morgan fingerprint density at radius 2 is 2.38 bits per heavy atom. The molecule has 0 bridgehead atoms. The monoisotopic (exact) mass is 237 g/mol. The number of aromatic nitrogens is 1. The molecule has 2 fully saturated rings. The number of likely N-dealkylation sites (tertiary alicyclic amines) is 1. The van der Waals surface area contributed by atoms with Gasteiger partial charge >= 0.3 is 0 Å². The summed E-state index contributed by atoms with van der Waals surface area (Å²) >= 11 is 1.80. The SMILES string of the molecule is CN1CCC(CNC2CC2)C1c1cncs1. The van der Waals surface area contributed by atoms with Gasteiger partial charge in [-0.15, -0.1) is 11.3 Å². The van der Waals surface area contributed by atoms with E-state index >= 15 is 0 Å². The summed E-state index contributed by atoms with van der Waals surface area (Å²) in [5, 5.41) is 3.67. The first-order valence-corrected chi connectivity index (χ1v) is 7.04. The lowest BCUT2D eigenvalue weighted by atomic mass is 9.99. The van der Waals surface area contributed by atoms with E-state index in [-0.39, 0.29) is 0 Å². The van der Waals surface area contributed by atoms with Gasteiger partial charge in [-0.1, -0.05) is 0 Å². The summed E-state index contributed by atoms with van der Waals surface area (Å²) in [7, 11) is 2.24. The Hall–Kier alpha value is -0.450. The molecule has 2 heterocycles. The minimum absolute atomic E-state index is 0.596. The Morgan fingerprint density at radius 1 is 1.50 bits per heavy atom. The van der Waals surface area contributed by atoms with Crippen LogP contribution in [0.5, 0.6) is 0 Å². The van der Waals surface area contributed by atoms with E-state index in [1.54, 1.807) is 11.3 Å². The molecule has 1 aliphatic carbocycles. The van der Waals surface area contributed by atoms with Gasteiger partial charge in [0.2, 0.25) is 0 Å². The summed E-state index contributed by atoms with van der Waals surface area (Å²) in [6.45, 7) is 2.40. The molecule has 3 rings (SSSR count). The molecular weight excluding hydrogens is 218 g/mol. The van der Waals surface area contributed by atoms with E-state index in [2.05, 4.69) is 22.2 Å². The maximum atomic E-state index is 4.21. The Bertz CT molecular complexity index is 334. The Morgan fingerprint density at radius 3 is 3.06 bits per heavy atom. The van der Waals surface area contributed by atoms with E-state index in [9.17, 15) is 0 Å². The molecule has 0 amide bonds. The Labute approximate surface area is 101 Å². The molecule has 1 aliphatic heterocycles. The standard InChI is InChI=1S/C12H19N3S/c1-15-5-4-9(6-14-10-2-3-10)12(15)11-7-13-8-16-11/h7-10,12,14H,2-6H2,1H3. The second-order valence-corrected chi connectivity index (χ2v) is 5.98. The van der Waals surface area contributed by atoms with Gasteiger partial charge in [0.25, 0.3) is 0 Å². The first-order valence-electron chi connectivity index (χ1n) is 6.16. The van der Waals surface area contributed by atoms with Crippen molar-refractivity contribution in [1.82, 2.24) is 15.2 Å². The molecule has 0 aromatic carbocycles. The van der Waals surface area contributed by atoms with Gasteiger partial charge in [0.05, 0.1) is 5.51 Å². The van der Waals surface area contributed by atoms with Gasteiger partial charge in [-0.3, -0.25) is 9.88 Å². The average Bonchev–Trinajstić information content (AvgIpc) is 2.82. The number of hydrogen-bond donors (Lipinski definition) is 1. The lowest BCUT2D eigenvalue weighted by molar-refractivity contribution is 0.275. The number of nitrogens with zero attached hydrogens (tertiary/aromatic N) is 2. The molecule has 3 nitrogen and oxygen atoms in total. The first kappa shape index (κ1) is 10.7. The molecular formula is C12H19N3S. The fourth-order valence-electron chi connectivity index (χ4n) is 2.67. The lowest BCUT2D eigenvalue weighted by Gasteiger charge is -2.23. The summed E-state index contributed by atoms with van der Waals surface area (Å²) in [5.41, 5.74) is 1.95. The smallest absolute Gasteiger partial charge is 0.0794 e. The van der Waals surface area contributed by atoms with Crippen molar-refractivity contribution in [2.24, 2.45) is 5.92 Å². The van der Waals surface area contributed by atoms with E-state index in [0.717, 1.165) is 12.0 Å². The minimum Gasteiger partial charge on any atom is -0.314 e.